The maximum atomic E-state index is 12.8. The van der Waals surface area contributed by atoms with Gasteiger partial charge >= 0.3 is 0 Å². The van der Waals surface area contributed by atoms with Crippen molar-refractivity contribution in [2.45, 2.75) is 13.8 Å². The van der Waals surface area contributed by atoms with Gasteiger partial charge in [0.25, 0.3) is 23.7 Å². The second-order valence-corrected chi connectivity index (χ2v) is 3.85. The molecule has 0 unspecified atom stereocenters. The maximum absolute atomic E-state index is 12.8. The molecule has 0 aliphatic rings. The van der Waals surface area contributed by atoms with Gasteiger partial charge in [-0.15, -0.1) is 11.8 Å². The Kier molecular flexibility index (Phi) is 12.2. The molecule has 0 bridgehead atoms. The van der Waals surface area contributed by atoms with Crippen LogP contribution in [0.25, 0.3) is 0 Å². The van der Waals surface area contributed by atoms with E-state index in [1.165, 1.54) is 0 Å². The zero-order valence-corrected chi connectivity index (χ0v) is 14.1. The Hall–Kier alpha value is -3.31. The van der Waals surface area contributed by atoms with Crippen molar-refractivity contribution in [1.29, 1.82) is 0 Å². The average Bonchev–Trinajstić information content (AvgIpc) is 2.65. The summed E-state index contributed by atoms with van der Waals surface area (Å²) in [5.41, 5.74) is 0. The average molecular weight is 388 g/mol. The Morgan fingerprint density at radius 3 is 1.70 bits per heavy atom. The Morgan fingerprint density at radius 1 is 0.815 bits per heavy atom. The zero-order chi connectivity index (χ0) is 20.7. The Bertz CT molecular complexity index is 824. The summed E-state index contributed by atoms with van der Waals surface area (Å²) in [7, 11) is 0. The van der Waals surface area contributed by atoms with Crippen LogP contribution in [0.5, 0.6) is 5.88 Å². The third-order valence-electron chi connectivity index (χ3n) is 2.13. The quantitative estimate of drug-likeness (QED) is 0.482. The van der Waals surface area contributed by atoms with Crippen molar-refractivity contribution in [1.82, 2.24) is 19.9 Å². The molecule has 0 aromatic carbocycles. The van der Waals surface area contributed by atoms with Crippen molar-refractivity contribution in [3.63, 3.8) is 0 Å². The van der Waals surface area contributed by atoms with Crippen LogP contribution in [-0.2, 0) is 0 Å². The third kappa shape index (κ3) is 9.67. The summed E-state index contributed by atoms with van der Waals surface area (Å²) in [5, 5.41) is 7.89. The summed E-state index contributed by atoms with van der Waals surface area (Å²) in [6, 6.07) is 0. The van der Waals surface area contributed by atoms with Gasteiger partial charge in [-0.1, -0.05) is 11.8 Å². The van der Waals surface area contributed by atoms with Gasteiger partial charge in [0.15, 0.2) is 6.61 Å². The van der Waals surface area contributed by atoms with Crippen LogP contribution in [-0.4, -0.2) is 38.3 Å². The first-order chi connectivity index (χ1) is 12.9. The molecule has 0 atom stereocenters. The summed E-state index contributed by atoms with van der Waals surface area (Å²) in [6.45, 7) is 3.26. The van der Waals surface area contributed by atoms with E-state index in [-0.39, 0.29) is 13.2 Å². The molecular weight excluding hydrogens is 375 g/mol. The summed E-state index contributed by atoms with van der Waals surface area (Å²) < 4.78 is 65.4. The minimum absolute atomic E-state index is 0.0174. The highest BCUT2D eigenvalue weighted by Gasteiger charge is 2.10. The summed E-state index contributed by atoms with van der Waals surface area (Å²) in [5.74, 6) is 2.57. The monoisotopic (exact) mass is 388 g/mol. The molecule has 0 radical (unpaired) electrons. The molecule has 1 N–H and O–H groups in total. The molecule has 0 fully saturated rings. The number of aliphatic hydroxyl groups excluding tert-OH is 1. The molecule has 0 spiro atoms. The van der Waals surface area contributed by atoms with Crippen LogP contribution in [0.1, 0.15) is 13.8 Å². The lowest BCUT2D eigenvalue weighted by Crippen LogP contribution is -2.02. The normalized spacial score (nSPS) is 8.44. The molecule has 0 saturated carbocycles. The Labute approximate surface area is 151 Å². The molecule has 2 heterocycles. The number of halogens is 5. The van der Waals surface area contributed by atoms with Gasteiger partial charge in [-0.3, -0.25) is 0 Å². The van der Waals surface area contributed by atoms with E-state index in [4.69, 9.17) is 9.84 Å². The molecule has 0 saturated heterocycles. The molecule has 11 heteroatoms. The van der Waals surface area contributed by atoms with Gasteiger partial charge in [-0.25, -0.2) is 15.0 Å². The smallest absolute Gasteiger partial charge is 0.257 e. The second-order valence-electron chi connectivity index (χ2n) is 3.85. The van der Waals surface area contributed by atoms with Crippen LogP contribution < -0.4 is 4.74 Å². The fourth-order valence-electron chi connectivity index (χ4n) is 1.02. The van der Waals surface area contributed by atoms with E-state index in [0.29, 0.717) is 6.33 Å². The second kappa shape index (κ2) is 13.9. The van der Waals surface area contributed by atoms with E-state index in [1.807, 2.05) is 0 Å². The number of hydrogen-bond donors (Lipinski definition) is 1. The van der Waals surface area contributed by atoms with Gasteiger partial charge in [0.05, 0.1) is 0 Å². The molecule has 0 amide bonds. The van der Waals surface area contributed by atoms with Crippen LogP contribution in [0.3, 0.4) is 0 Å². The first kappa shape index (κ1) is 23.7. The molecule has 0 aliphatic carbocycles. The lowest BCUT2D eigenvalue weighted by Gasteiger charge is -2.00. The Balaban J connectivity index is 0.000000419. The first-order valence-corrected chi connectivity index (χ1v) is 6.89. The van der Waals surface area contributed by atoms with Crippen molar-refractivity contribution in [3.05, 3.63) is 42.1 Å². The highest BCUT2D eigenvalue weighted by molar-refractivity contribution is 5.11. The number of ether oxygens (including phenoxy) is 1. The maximum Gasteiger partial charge on any atom is 0.257 e. The molecule has 6 nitrogen and oxygen atoms in total. The number of hydrogen-bond acceptors (Lipinski definition) is 6. The molecular formula is C16H13F5N4O2. The van der Waals surface area contributed by atoms with Gasteiger partial charge in [-0.05, 0) is 13.8 Å². The molecule has 2 rings (SSSR count). The number of aliphatic hydroxyl groups is 1. The van der Waals surface area contributed by atoms with E-state index in [2.05, 4.69) is 43.6 Å². The van der Waals surface area contributed by atoms with E-state index in [0.717, 1.165) is 6.33 Å². The largest absolute Gasteiger partial charge is 0.462 e. The predicted molar refractivity (Wildman–Crippen MR) is 83.3 cm³/mol. The fraction of sp³-hybridized carbons (Fsp3) is 0.250. The van der Waals surface area contributed by atoms with Crippen LogP contribution in [0.4, 0.5) is 22.0 Å². The topological polar surface area (TPSA) is 81.0 Å². The summed E-state index contributed by atoms with van der Waals surface area (Å²) in [4.78, 5) is 11.9. The standard InChI is InChI=1S/C8H6F2N2O.C4HF3N2.C4H6O/c1-2-3-4-13-8-6(9)7(10)11-5-12-8;5-2-3(6)8-1-9-4(2)7;1-2-3-4-5/h5H,4H2,1H3;1H;5H,4H2,1H3. The van der Waals surface area contributed by atoms with Crippen molar-refractivity contribution < 1.29 is 31.8 Å². The number of nitrogens with zero attached hydrogens (tertiary/aromatic N) is 4. The van der Waals surface area contributed by atoms with Crippen LogP contribution in [0, 0.1) is 53.2 Å². The third-order valence-corrected chi connectivity index (χ3v) is 2.13. The van der Waals surface area contributed by atoms with Crippen LogP contribution >= 0.6 is 0 Å². The van der Waals surface area contributed by atoms with E-state index < -0.39 is 35.4 Å². The van der Waals surface area contributed by atoms with E-state index in [1.54, 1.807) is 13.8 Å². The van der Waals surface area contributed by atoms with E-state index >= 15 is 0 Å². The highest BCUT2D eigenvalue weighted by Crippen LogP contribution is 2.13. The summed E-state index contributed by atoms with van der Waals surface area (Å²) in [6.07, 6.45) is 1.49. The summed E-state index contributed by atoms with van der Waals surface area (Å²) >= 11 is 0. The SMILES string of the molecule is CC#CCO.CC#CCOc1ncnc(F)c1F.Fc1ncnc(F)c1F. The number of rotatable bonds is 2. The number of aromatic nitrogens is 4. The first-order valence-electron chi connectivity index (χ1n) is 6.89. The van der Waals surface area contributed by atoms with Crippen molar-refractivity contribution in [3.8, 4) is 29.6 Å². The van der Waals surface area contributed by atoms with Crippen LogP contribution in [0.2, 0.25) is 0 Å². The fourth-order valence-corrected chi connectivity index (χ4v) is 1.02. The minimum Gasteiger partial charge on any atom is -0.462 e. The predicted octanol–water partition coefficient (Wildman–Crippen LogP) is 2.05. The zero-order valence-electron chi connectivity index (χ0n) is 14.1. The molecule has 2 aromatic heterocycles. The van der Waals surface area contributed by atoms with Crippen molar-refractivity contribution in [2.24, 2.45) is 0 Å². The lowest BCUT2D eigenvalue weighted by molar-refractivity contribution is 0.317. The Morgan fingerprint density at radius 2 is 1.30 bits per heavy atom. The van der Waals surface area contributed by atoms with Crippen LogP contribution in [0.15, 0.2) is 12.7 Å². The van der Waals surface area contributed by atoms with Gasteiger partial charge in [0.2, 0.25) is 11.6 Å². The van der Waals surface area contributed by atoms with Gasteiger partial charge in [-0.2, -0.15) is 26.9 Å². The van der Waals surface area contributed by atoms with Gasteiger partial charge < -0.3 is 9.84 Å². The molecule has 144 valence electrons. The minimum atomic E-state index is -1.64. The van der Waals surface area contributed by atoms with E-state index in [9.17, 15) is 22.0 Å². The van der Waals surface area contributed by atoms with Crippen molar-refractivity contribution >= 4 is 0 Å². The highest BCUT2D eigenvalue weighted by atomic mass is 19.2. The molecule has 0 aliphatic heterocycles. The van der Waals surface area contributed by atoms with Gasteiger partial charge in [0, 0.05) is 0 Å². The molecule has 2 aromatic rings. The van der Waals surface area contributed by atoms with Gasteiger partial charge in [0.1, 0.15) is 19.3 Å². The lowest BCUT2D eigenvalue weighted by atomic mass is 10.5. The van der Waals surface area contributed by atoms with Crippen molar-refractivity contribution in [2.75, 3.05) is 13.2 Å². The molecule has 27 heavy (non-hydrogen) atoms.